The van der Waals surface area contributed by atoms with Gasteiger partial charge in [0, 0.05) is 5.56 Å². The topological polar surface area (TPSA) is 83.5 Å². The number of aliphatic imine (C=N–C) groups is 1. The number of para-hydroxylation sites is 1. The van der Waals surface area contributed by atoms with Crippen LogP contribution < -0.4 is 16.0 Å². The Balaban J connectivity index is 3.04. The molecule has 0 aromatic heterocycles. The fourth-order valence-corrected chi connectivity index (χ4v) is 1.38. The Morgan fingerprint density at radius 3 is 2.65 bits per heavy atom. The molecule has 0 heterocycles. The van der Waals surface area contributed by atoms with E-state index in [4.69, 9.17) is 16.0 Å². The van der Waals surface area contributed by atoms with E-state index in [9.17, 15) is 0 Å². The van der Waals surface area contributed by atoms with Crippen molar-refractivity contribution < 1.29 is 4.74 Å². The van der Waals surface area contributed by atoms with Crippen LogP contribution in [0.1, 0.15) is 26.3 Å². The number of nitrogens with two attached hydrogens (primary N) is 1. The van der Waals surface area contributed by atoms with Gasteiger partial charge in [-0.3, -0.25) is 10.8 Å². The first kappa shape index (κ1) is 13.2. The van der Waals surface area contributed by atoms with Crippen LogP contribution in [0.5, 0.6) is 5.75 Å². The molecule has 4 N–H and O–H groups in total. The highest BCUT2D eigenvalue weighted by Crippen LogP contribution is 2.20. The van der Waals surface area contributed by atoms with Gasteiger partial charge in [-0.2, -0.15) is 0 Å². The summed E-state index contributed by atoms with van der Waals surface area (Å²) in [6.07, 6.45) is 0.0936. The third-order valence-electron chi connectivity index (χ3n) is 2.06. The Labute approximate surface area is 101 Å². The molecule has 0 aliphatic rings. The highest BCUT2D eigenvalue weighted by atomic mass is 16.5. The quantitative estimate of drug-likeness (QED) is 0.322. The van der Waals surface area contributed by atoms with E-state index in [-0.39, 0.29) is 12.1 Å². The number of hydrogen-bond acceptors (Lipinski definition) is 3. The average Bonchev–Trinajstić information content (AvgIpc) is 2.28. The van der Waals surface area contributed by atoms with Gasteiger partial charge in [0.2, 0.25) is 5.96 Å². The smallest absolute Gasteiger partial charge is 0.229 e. The fraction of sp³-hybridized carbons (Fsp3) is 0.333. The van der Waals surface area contributed by atoms with Crippen molar-refractivity contribution in [3.05, 3.63) is 29.8 Å². The lowest BCUT2D eigenvalue weighted by Gasteiger charge is -2.13. The number of rotatable bonds is 3. The molecule has 0 aliphatic heterocycles. The van der Waals surface area contributed by atoms with E-state index in [1.165, 1.54) is 0 Å². The van der Waals surface area contributed by atoms with Crippen molar-refractivity contribution in [3.63, 3.8) is 0 Å². The van der Waals surface area contributed by atoms with E-state index in [2.05, 4.69) is 10.4 Å². The molecule has 0 spiro atoms. The van der Waals surface area contributed by atoms with Crippen molar-refractivity contribution in [2.75, 3.05) is 0 Å². The summed E-state index contributed by atoms with van der Waals surface area (Å²) in [7, 11) is 0. The SMILES string of the molecule is CC(=NC(=N)NN)c1ccccc1OC(C)C. The van der Waals surface area contributed by atoms with Gasteiger partial charge in [-0.25, -0.2) is 10.8 Å². The van der Waals surface area contributed by atoms with Crippen molar-refractivity contribution in [3.8, 4) is 5.75 Å². The third kappa shape index (κ3) is 3.88. The van der Waals surface area contributed by atoms with Crippen molar-refractivity contribution in [1.82, 2.24) is 5.43 Å². The van der Waals surface area contributed by atoms with Gasteiger partial charge < -0.3 is 4.74 Å². The normalized spacial score (nSPS) is 11.5. The van der Waals surface area contributed by atoms with E-state index < -0.39 is 0 Å². The Kier molecular flexibility index (Phi) is 4.66. The van der Waals surface area contributed by atoms with Crippen molar-refractivity contribution in [2.45, 2.75) is 26.9 Å². The molecule has 5 nitrogen and oxygen atoms in total. The van der Waals surface area contributed by atoms with Crippen LogP contribution in [0.25, 0.3) is 0 Å². The lowest BCUT2D eigenvalue weighted by Crippen LogP contribution is -2.28. The molecule has 1 rings (SSSR count). The zero-order chi connectivity index (χ0) is 12.8. The summed E-state index contributed by atoms with van der Waals surface area (Å²) in [5.74, 6) is 5.78. The van der Waals surface area contributed by atoms with Crippen LogP contribution in [0.2, 0.25) is 0 Å². The summed E-state index contributed by atoms with van der Waals surface area (Å²) < 4.78 is 5.68. The molecule has 1 aromatic carbocycles. The molecule has 0 atom stereocenters. The van der Waals surface area contributed by atoms with E-state index in [1.807, 2.05) is 45.0 Å². The lowest BCUT2D eigenvalue weighted by molar-refractivity contribution is 0.242. The molecule has 0 unspecified atom stereocenters. The molecule has 0 radical (unpaired) electrons. The van der Waals surface area contributed by atoms with Crippen LogP contribution in [0, 0.1) is 5.41 Å². The van der Waals surface area contributed by atoms with Gasteiger partial charge in [-0.05, 0) is 32.9 Å². The molecule has 5 heteroatoms. The lowest BCUT2D eigenvalue weighted by atomic mass is 10.1. The van der Waals surface area contributed by atoms with Crippen LogP contribution in [0.4, 0.5) is 0 Å². The average molecular weight is 234 g/mol. The predicted molar refractivity (Wildman–Crippen MR) is 69.5 cm³/mol. The molecule has 0 saturated carbocycles. The summed E-state index contributed by atoms with van der Waals surface area (Å²) >= 11 is 0. The molecule has 1 aromatic rings. The highest BCUT2D eigenvalue weighted by molar-refractivity contribution is 6.06. The van der Waals surface area contributed by atoms with Crippen LogP contribution in [0.15, 0.2) is 29.3 Å². The minimum absolute atomic E-state index is 0.0816. The number of nitrogens with zero attached hydrogens (tertiary/aromatic N) is 1. The minimum atomic E-state index is -0.0816. The maximum atomic E-state index is 7.36. The van der Waals surface area contributed by atoms with E-state index in [0.717, 1.165) is 11.3 Å². The van der Waals surface area contributed by atoms with Crippen molar-refractivity contribution >= 4 is 11.7 Å². The fourth-order valence-electron chi connectivity index (χ4n) is 1.38. The summed E-state index contributed by atoms with van der Waals surface area (Å²) in [4.78, 5) is 4.02. The van der Waals surface area contributed by atoms with Crippen LogP contribution in [0.3, 0.4) is 0 Å². The zero-order valence-corrected chi connectivity index (χ0v) is 10.3. The highest BCUT2D eigenvalue weighted by Gasteiger charge is 2.08. The molecule has 17 heavy (non-hydrogen) atoms. The number of benzene rings is 1. The Morgan fingerprint density at radius 2 is 2.06 bits per heavy atom. The first-order valence-corrected chi connectivity index (χ1v) is 5.41. The zero-order valence-electron chi connectivity index (χ0n) is 10.3. The summed E-state index contributed by atoms with van der Waals surface area (Å²) in [5.41, 5.74) is 3.73. The van der Waals surface area contributed by atoms with Crippen molar-refractivity contribution in [2.24, 2.45) is 10.8 Å². The molecule has 0 amide bonds. The summed E-state index contributed by atoms with van der Waals surface area (Å²) in [6.45, 7) is 5.74. The Hall–Kier alpha value is -1.88. The monoisotopic (exact) mass is 234 g/mol. The number of ether oxygens (including phenoxy) is 1. The van der Waals surface area contributed by atoms with Gasteiger partial charge in [-0.1, -0.05) is 12.1 Å². The van der Waals surface area contributed by atoms with Gasteiger partial charge in [0.25, 0.3) is 0 Å². The summed E-state index contributed by atoms with van der Waals surface area (Å²) in [5, 5.41) is 7.36. The van der Waals surface area contributed by atoms with Gasteiger partial charge in [0.15, 0.2) is 0 Å². The standard InChI is InChI=1S/C12H18N4O/c1-8(2)17-11-7-5-4-6-10(11)9(3)15-12(13)16-14/h4-8H,14H2,1-3H3,(H2,13,16). The first-order valence-electron chi connectivity index (χ1n) is 5.41. The number of nitrogens with one attached hydrogen (secondary N) is 2. The number of guanidine groups is 1. The molecular formula is C12H18N4O. The van der Waals surface area contributed by atoms with Crippen molar-refractivity contribution in [1.29, 1.82) is 5.41 Å². The maximum Gasteiger partial charge on any atom is 0.229 e. The minimum Gasteiger partial charge on any atom is -0.490 e. The van der Waals surface area contributed by atoms with E-state index >= 15 is 0 Å². The second-order valence-corrected chi connectivity index (χ2v) is 3.85. The number of hydrazine groups is 1. The predicted octanol–water partition coefficient (Wildman–Crippen LogP) is 1.68. The molecule has 0 saturated heterocycles. The molecule has 0 fully saturated rings. The second kappa shape index (κ2) is 6.00. The van der Waals surface area contributed by atoms with Crippen LogP contribution in [-0.4, -0.2) is 17.8 Å². The summed E-state index contributed by atoms with van der Waals surface area (Å²) in [6, 6.07) is 7.59. The van der Waals surface area contributed by atoms with E-state index in [1.54, 1.807) is 0 Å². The second-order valence-electron chi connectivity index (χ2n) is 3.85. The number of hydrogen-bond donors (Lipinski definition) is 3. The van der Waals surface area contributed by atoms with Crippen LogP contribution >= 0.6 is 0 Å². The molecule has 0 bridgehead atoms. The third-order valence-corrected chi connectivity index (χ3v) is 2.06. The Morgan fingerprint density at radius 1 is 1.41 bits per heavy atom. The van der Waals surface area contributed by atoms with Crippen LogP contribution in [-0.2, 0) is 0 Å². The van der Waals surface area contributed by atoms with Gasteiger partial charge in [0.1, 0.15) is 5.75 Å². The first-order chi connectivity index (χ1) is 8.04. The van der Waals surface area contributed by atoms with Gasteiger partial charge in [0.05, 0.1) is 11.8 Å². The molecule has 92 valence electrons. The largest absolute Gasteiger partial charge is 0.490 e. The van der Waals surface area contributed by atoms with Gasteiger partial charge >= 0.3 is 0 Å². The Bertz CT molecular complexity index is 426. The molecular weight excluding hydrogens is 216 g/mol. The molecule has 0 aliphatic carbocycles. The maximum absolute atomic E-state index is 7.36. The van der Waals surface area contributed by atoms with E-state index in [0.29, 0.717) is 5.71 Å². The van der Waals surface area contributed by atoms with Gasteiger partial charge in [-0.15, -0.1) is 0 Å².